The molecule has 0 aromatic heterocycles. The van der Waals surface area contributed by atoms with E-state index in [-0.39, 0.29) is 58.8 Å². The van der Waals surface area contributed by atoms with Gasteiger partial charge in [0.05, 0.1) is 42.1 Å². The molecular formula is C26H26ClNO10. The smallest absolute Gasteiger partial charge is 0.331 e. The number of ether oxygens (including phenoxy) is 3. The van der Waals surface area contributed by atoms with E-state index < -0.39 is 70.8 Å². The highest BCUT2D eigenvalue weighted by atomic mass is 35.5. The number of carbonyl (C=O) groups is 3. The van der Waals surface area contributed by atoms with Gasteiger partial charge in [-0.1, -0.05) is 12.1 Å². The molecule has 1 aliphatic heterocycles. The van der Waals surface area contributed by atoms with Crippen LogP contribution in [-0.4, -0.2) is 69.6 Å². The lowest BCUT2D eigenvalue weighted by Gasteiger charge is -2.38. The average molecular weight is 548 g/mol. The van der Waals surface area contributed by atoms with Crippen LogP contribution in [0, 0.1) is 0 Å². The largest absolute Gasteiger partial charge is 0.507 e. The number of hydrogen-bond donors (Lipinski definition) is 5. The zero-order valence-electron chi connectivity index (χ0n) is 20.3. The molecule has 2 aliphatic carbocycles. The van der Waals surface area contributed by atoms with Crippen molar-refractivity contribution in [1.29, 1.82) is 0 Å². The van der Waals surface area contributed by atoms with Crippen molar-refractivity contribution < 1.29 is 49.0 Å². The molecule has 11 nitrogen and oxygen atoms in total. The Hall–Kier alpha value is -3.48. The summed E-state index contributed by atoms with van der Waals surface area (Å²) in [6.45, 7) is 1.60. The number of aliphatic hydroxyl groups excluding tert-OH is 1. The first-order chi connectivity index (χ1) is 17.5. The molecule has 1 heterocycles. The van der Waals surface area contributed by atoms with Crippen molar-refractivity contribution in [2.75, 3.05) is 7.11 Å². The Morgan fingerprint density at radius 2 is 1.79 bits per heavy atom. The Labute approximate surface area is 222 Å². The predicted molar refractivity (Wildman–Crippen MR) is 134 cm³/mol. The van der Waals surface area contributed by atoms with Gasteiger partial charge in [-0.2, -0.15) is 0 Å². The number of halogens is 1. The minimum atomic E-state index is -1.29. The molecule has 3 aliphatic rings. The molecule has 12 heteroatoms. The normalized spacial score (nSPS) is 25.9. The van der Waals surface area contributed by atoms with E-state index in [0.717, 1.165) is 6.08 Å². The minimum absolute atomic E-state index is 0. The summed E-state index contributed by atoms with van der Waals surface area (Å²) in [6.07, 6.45) is -2.79. The Kier molecular flexibility index (Phi) is 7.26. The van der Waals surface area contributed by atoms with Crippen molar-refractivity contribution in [1.82, 2.24) is 0 Å². The van der Waals surface area contributed by atoms with Crippen LogP contribution >= 0.6 is 12.4 Å². The number of fused-ring (bicyclic) bond motifs is 3. The number of aliphatic hydroxyl groups is 1. The standard InChI is InChI=1S/C26H25NO10.ClH/c1-9-21(28)13(27)8-16(36-9)37-15-7-10(26(33)34)6-12-18(15)25(32)20-19(23(12)30)22(29)11-4-3-5-14(35-2)17(11)24(20)31;/h3-6,9,13,15-16,21,28,30,32H,7-8,27H2,1-2H3,(H,33,34);1H/t9-,13?,15-,16-,21+;/m0./s1. The fraction of sp³-hybridized carbons (Fsp3) is 0.346. The summed E-state index contributed by atoms with van der Waals surface area (Å²) in [5, 5.41) is 42.3. The van der Waals surface area contributed by atoms with Crippen molar-refractivity contribution in [3.05, 3.63) is 57.2 Å². The number of rotatable bonds is 4. The maximum Gasteiger partial charge on any atom is 0.331 e. The van der Waals surface area contributed by atoms with E-state index in [1.54, 1.807) is 6.92 Å². The molecule has 1 fully saturated rings. The van der Waals surface area contributed by atoms with Crippen molar-refractivity contribution in [3.8, 4) is 17.2 Å². The van der Waals surface area contributed by atoms with Gasteiger partial charge in [-0.3, -0.25) is 9.59 Å². The maximum absolute atomic E-state index is 13.6. The van der Waals surface area contributed by atoms with Gasteiger partial charge >= 0.3 is 5.97 Å². The summed E-state index contributed by atoms with van der Waals surface area (Å²) in [7, 11) is 1.34. The number of aromatic hydroxyl groups is 2. The number of benzene rings is 2. The van der Waals surface area contributed by atoms with Gasteiger partial charge in [0.1, 0.15) is 17.2 Å². The average Bonchev–Trinajstić information content (AvgIpc) is 2.86. The molecule has 1 unspecified atom stereocenters. The van der Waals surface area contributed by atoms with Crippen LogP contribution in [0.15, 0.2) is 23.8 Å². The molecule has 2 aromatic carbocycles. The second kappa shape index (κ2) is 10.0. The number of ketones is 2. The molecule has 0 saturated carbocycles. The molecule has 0 amide bonds. The molecule has 5 atom stereocenters. The van der Waals surface area contributed by atoms with Gasteiger partial charge in [0.15, 0.2) is 12.1 Å². The third kappa shape index (κ3) is 4.12. The first-order valence-electron chi connectivity index (χ1n) is 11.6. The lowest BCUT2D eigenvalue weighted by atomic mass is 9.77. The summed E-state index contributed by atoms with van der Waals surface area (Å²) in [4.78, 5) is 38.9. The van der Waals surface area contributed by atoms with Gasteiger partial charge in [0, 0.05) is 41.1 Å². The van der Waals surface area contributed by atoms with E-state index in [4.69, 9.17) is 19.9 Å². The third-order valence-corrected chi connectivity index (χ3v) is 7.08. The molecule has 5 rings (SSSR count). The zero-order chi connectivity index (χ0) is 26.8. The second-order valence-electron chi connectivity index (χ2n) is 9.28. The van der Waals surface area contributed by atoms with E-state index in [0.29, 0.717) is 0 Å². The molecule has 6 N–H and O–H groups in total. The van der Waals surface area contributed by atoms with Crippen LogP contribution in [0.25, 0.3) is 6.08 Å². The molecule has 1 saturated heterocycles. The van der Waals surface area contributed by atoms with E-state index in [1.807, 2.05) is 0 Å². The summed E-state index contributed by atoms with van der Waals surface area (Å²) in [6, 6.07) is 3.74. The Morgan fingerprint density at radius 1 is 1.11 bits per heavy atom. The molecule has 0 radical (unpaired) electrons. The predicted octanol–water partition coefficient (Wildman–Crippen LogP) is 2.06. The van der Waals surface area contributed by atoms with Crippen LogP contribution in [-0.2, 0) is 14.3 Å². The monoisotopic (exact) mass is 547 g/mol. The number of phenolic OH excluding ortho intramolecular Hbond substituents is 2. The molecule has 0 spiro atoms. The first kappa shape index (κ1) is 27.6. The van der Waals surface area contributed by atoms with E-state index in [2.05, 4.69) is 0 Å². The van der Waals surface area contributed by atoms with Crippen molar-refractivity contribution >= 4 is 36.0 Å². The van der Waals surface area contributed by atoms with Gasteiger partial charge in [-0.05, 0) is 19.1 Å². The maximum atomic E-state index is 13.6. The van der Waals surface area contributed by atoms with Gasteiger partial charge in [-0.15, -0.1) is 12.4 Å². The Bertz CT molecular complexity index is 1370. The fourth-order valence-electron chi connectivity index (χ4n) is 5.22. The molecule has 2 aromatic rings. The van der Waals surface area contributed by atoms with Crippen LogP contribution in [0.5, 0.6) is 17.2 Å². The minimum Gasteiger partial charge on any atom is -0.507 e. The number of carboxylic acid groups (broad SMARTS) is 1. The van der Waals surface area contributed by atoms with Gasteiger partial charge in [0.25, 0.3) is 0 Å². The first-order valence-corrected chi connectivity index (χ1v) is 11.6. The molecular weight excluding hydrogens is 522 g/mol. The lowest BCUT2D eigenvalue weighted by Crippen LogP contribution is -2.51. The number of carboxylic acids is 1. The van der Waals surface area contributed by atoms with Crippen LogP contribution < -0.4 is 10.5 Å². The highest BCUT2D eigenvalue weighted by molar-refractivity contribution is 6.31. The zero-order valence-corrected chi connectivity index (χ0v) is 21.2. The number of phenols is 2. The summed E-state index contributed by atoms with van der Waals surface area (Å²) in [5.74, 6) is -3.90. The summed E-state index contributed by atoms with van der Waals surface area (Å²) < 4.78 is 17.0. The molecule has 0 bridgehead atoms. The molecule has 38 heavy (non-hydrogen) atoms. The van der Waals surface area contributed by atoms with Gasteiger partial charge < -0.3 is 40.4 Å². The second-order valence-corrected chi connectivity index (χ2v) is 9.28. The SMILES string of the molecule is COc1cccc2c1C(=O)c1c(O)c3c(c(O)c1C2=O)C=C(C(=O)O)C[C@@H]3O[C@H]1CC(N)[C@H](O)[C@H](C)O1.Cl. The van der Waals surface area contributed by atoms with Crippen LogP contribution in [0.3, 0.4) is 0 Å². The highest BCUT2D eigenvalue weighted by Crippen LogP contribution is 2.51. The Balaban J connectivity index is 0.00000336. The van der Waals surface area contributed by atoms with Crippen molar-refractivity contribution in [2.45, 2.75) is 50.4 Å². The van der Waals surface area contributed by atoms with Crippen LogP contribution in [0.2, 0.25) is 0 Å². The quantitative estimate of drug-likeness (QED) is 0.301. The lowest BCUT2D eigenvalue weighted by molar-refractivity contribution is -0.240. The highest BCUT2D eigenvalue weighted by Gasteiger charge is 2.43. The Morgan fingerprint density at radius 3 is 2.42 bits per heavy atom. The number of aliphatic carboxylic acids is 1. The van der Waals surface area contributed by atoms with Crippen molar-refractivity contribution in [3.63, 3.8) is 0 Å². The third-order valence-electron chi connectivity index (χ3n) is 7.08. The van der Waals surface area contributed by atoms with E-state index in [1.165, 1.54) is 25.3 Å². The fourth-order valence-corrected chi connectivity index (χ4v) is 5.22. The van der Waals surface area contributed by atoms with Gasteiger partial charge in [-0.25, -0.2) is 4.79 Å². The topological polar surface area (TPSA) is 186 Å². The number of methoxy groups -OCH3 is 1. The summed E-state index contributed by atoms with van der Waals surface area (Å²) in [5.41, 5.74) is 4.69. The summed E-state index contributed by atoms with van der Waals surface area (Å²) >= 11 is 0. The molecule has 202 valence electrons. The number of hydrogen-bond acceptors (Lipinski definition) is 10. The van der Waals surface area contributed by atoms with Crippen LogP contribution in [0.4, 0.5) is 0 Å². The van der Waals surface area contributed by atoms with E-state index >= 15 is 0 Å². The number of nitrogens with two attached hydrogens (primary N) is 1. The van der Waals surface area contributed by atoms with E-state index in [9.17, 15) is 34.8 Å². The van der Waals surface area contributed by atoms with Crippen molar-refractivity contribution in [2.24, 2.45) is 5.73 Å². The van der Waals surface area contributed by atoms with Crippen LogP contribution in [0.1, 0.15) is 68.8 Å². The van der Waals surface area contributed by atoms with Gasteiger partial charge in [0.2, 0.25) is 5.78 Å². The number of carbonyl (C=O) groups excluding carboxylic acids is 2.